The molecule has 1 nitrogen and oxygen atoms in total. The molecule has 1 aromatic rings. The first-order valence-corrected chi connectivity index (χ1v) is 6.90. The highest BCUT2D eigenvalue weighted by molar-refractivity contribution is 7.99. The third-order valence-electron chi connectivity index (χ3n) is 2.78. The molecule has 0 fully saturated rings. The van der Waals surface area contributed by atoms with Crippen LogP contribution in [0.2, 0.25) is 0 Å². The van der Waals surface area contributed by atoms with Crippen LogP contribution in [0.5, 0.6) is 0 Å². The molecule has 1 aromatic carbocycles. The molecule has 1 aliphatic rings. The van der Waals surface area contributed by atoms with Gasteiger partial charge in [-0.2, -0.15) is 0 Å². The number of fused-ring (bicyclic) bond motifs is 1. The fourth-order valence-corrected chi connectivity index (χ4v) is 3.15. The van der Waals surface area contributed by atoms with Crippen LogP contribution in [-0.2, 0) is 6.42 Å². The van der Waals surface area contributed by atoms with Crippen molar-refractivity contribution < 1.29 is 0 Å². The number of hydrogen-bond donors (Lipinski definition) is 1. The van der Waals surface area contributed by atoms with Crippen molar-refractivity contribution in [3.05, 3.63) is 29.3 Å². The van der Waals surface area contributed by atoms with Gasteiger partial charge in [-0.05, 0) is 42.2 Å². The maximum absolute atomic E-state index is 6.05. The summed E-state index contributed by atoms with van der Waals surface area (Å²) in [6.07, 6.45) is 3.34. The molecule has 82 valence electrons. The highest BCUT2D eigenvalue weighted by Gasteiger charge is 2.12. The average molecular weight is 242 g/mol. The first-order valence-electron chi connectivity index (χ1n) is 5.38. The molecule has 0 aromatic heterocycles. The van der Waals surface area contributed by atoms with E-state index < -0.39 is 0 Å². The summed E-state index contributed by atoms with van der Waals surface area (Å²) in [6.45, 7) is 0. The van der Waals surface area contributed by atoms with E-state index in [1.807, 2.05) is 11.8 Å². The van der Waals surface area contributed by atoms with Gasteiger partial charge in [0.2, 0.25) is 0 Å². The lowest BCUT2D eigenvalue weighted by molar-refractivity contribution is 0.699. The summed E-state index contributed by atoms with van der Waals surface area (Å²) in [5, 5.41) is 0. The van der Waals surface area contributed by atoms with Crippen molar-refractivity contribution in [3.63, 3.8) is 0 Å². The van der Waals surface area contributed by atoms with Gasteiger partial charge < -0.3 is 5.73 Å². The molecule has 0 spiro atoms. The second-order valence-electron chi connectivity index (χ2n) is 3.90. The Morgan fingerprint density at radius 3 is 3.13 bits per heavy atom. The van der Waals surface area contributed by atoms with Gasteiger partial charge in [0.05, 0.1) is 0 Å². The number of thioether (sulfide) groups is 1. The van der Waals surface area contributed by atoms with Gasteiger partial charge in [-0.3, -0.25) is 0 Å². The molecule has 3 heteroatoms. The molecule has 0 aliphatic carbocycles. The minimum atomic E-state index is 0.0970. The zero-order chi connectivity index (χ0) is 10.7. The summed E-state index contributed by atoms with van der Waals surface area (Å²) in [5.74, 6) is 1.88. The third-order valence-corrected chi connectivity index (χ3v) is 4.20. The van der Waals surface area contributed by atoms with Crippen LogP contribution in [0, 0.1) is 0 Å². The standard InChI is InChI=1S/C12H16ClNS/c13-6-5-11(14)9-3-4-12-10(8-9)2-1-7-15-12/h3-4,8,11H,1-2,5-7,14H2. The lowest BCUT2D eigenvalue weighted by Gasteiger charge is -2.18. The van der Waals surface area contributed by atoms with Crippen LogP contribution < -0.4 is 5.73 Å². The minimum absolute atomic E-state index is 0.0970. The molecule has 2 N–H and O–H groups in total. The zero-order valence-electron chi connectivity index (χ0n) is 8.71. The van der Waals surface area contributed by atoms with Crippen molar-refractivity contribution in [2.45, 2.75) is 30.2 Å². The van der Waals surface area contributed by atoms with Crippen molar-refractivity contribution in [2.24, 2.45) is 5.73 Å². The number of aryl methyl sites for hydroxylation is 1. The van der Waals surface area contributed by atoms with Crippen LogP contribution in [-0.4, -0.2) is 11.6 Å². The molecule has 0 bridgehead atoms. The Morgan fingerprint density at radius 2 is 2.33 bits per heavy atom. The van der Waals surface area contributed by atoms with Crippen molar-refractivity contribution in [2.75, 3.05) is 11.6 Å². The quantitative estimate of drug-likeness (QED) is 0.822. The predicted molar refractivity (Wildman–Crippen MR) is 67.8 cm³/mol. The molecular weight excluding hydrogens is 226 g/mol. The smallest absolute Gasteiger partial charge is 0.0306 e. The van der Waals surface area contributed by atoms with E-state index in [2.05, 4.69) is 18.2 Å². The van der Waals surface area contributed by atoms with Crippen molar-refractivity contribution in [3.8, 4) is 0 Å². The van der Waals surface area contributed by atoms with Crippen LogP contribution in [0.25, 0.3) is 0 Å². The Kier molecular flexibility index (Phi) is 3.95. The molecule has 0 amide bonds. The Morgan fingerprint density at radius 1 is 1.47 bits per heavy atom. The number of nitrogens with two attached hydrogens (primary N) is 1. The molecule has 1 aliphatic heterocycles. The summed E-state index contributed by atoms with van der Waals surface area (Å²) < 4.78 is 0. The Hall–Kier alpha value is -0.180. The zero-order valence-corrected chi connectivity index (χ0v) is 10.3. The van der Waals surface area contributed by atoms with Crippen molar-refractivity contribution >= 4 is 23.4 Å². The molecule has 0 saturated carbocycles. The number of halogens is 1. The molecule has 0 saturated heterocycles. The number of alkyl halides is 1. The van der Waals surface area contributed by atoms with E-state index in [1.165, 1.54) is 34.6 Å². The van der Waals surface area contributed by atoms with Gasteiger partial charge in [0, 0.05) is 16.8 Å². The lowest BCUT2D eigenvalue weighted by atomic mass is 10.0. The summed E-state index contributed by atoms with van der Waals surface area (Å²) in [4.78, 5) is 1.43. The van der Waals surface area contributed by atoms with Gasteiger partial charge in [-0.25, -0.2) is 0 Å². The first-order chi connectivity index (χ1) is 7.31. The maximum atomic E-state index is 6.05. The summed E-state index contributed by atoms with van der Waals surface area (Å²) in [7, 11) is 0. The van der Waals surface area contributed by atoms with Crippen LogP contribution in [0.1, 0.15) is 30.0 Å². The highest BCUT2D eigenvalue weighted by atomic mass is 35.5. The van der Waals surface area contributed by atoms with Gasteiger partial charge in [0.1, 0.15) is 0 Å². The predicted octanol–water partition coefficient (Wildman–Crippen LogP) is 3.35. The molecule has 15 heavy (non-hydrogen) atoms. The minimum Gasteiger partial charge on any atom is -0.324 e. The van der Waals surface area contributed by atoms with Gasteiger partial charge in [0.15, 0.2) is 0 Å². The van der Waals surface area contributed by atoms with Gasteiger partial charge in [-0.1, -0.05) is 12.1 Å². The highest BCUT2D eigenvalue weighted by Crippen LogP contribution is 2.31. The van der Waals surface area contributed by atoms with Gasteiger partial charge in [0.25, 0.3) is 0 Å². The van der Waals surface area contributed by atoms with Crippen LogP contribution in [0.3, 0.4) is 0 Å². The Balaban J connectivity index is 2.20. The lowest BCUT2D eigenvalue weighted by Crippen LogP contribution is -2.11. The summed E-state index contributed by atoms with van der Waals surface area (Å²) >= 11 is 7.66. The normalized spacial score (nSPS) is 17.2. The van der Waals surface area contributed by atoms with Crippen LogP contribution >= 0.6 is 23.4 Å². The molecule has 2 rings (SSSR count). The number of hydrogen-bond acceptors (Lipinski definition) is 2. The molecular formula is C12H16ClNS. The van der Waals surface area contributed by atoms with E-state index in [0.29, 0.717) is 5.88 Å². The fourth-order valence-electron chi connectivity index (χ4n) is 1.90. The second kappa shape index (κ2) is 5.24. The SMILES string of the molecule is NC(CCCl)c1ccc2c(c1)CCCS2. The van der Waals surface area contributed by atoms with E-state index >= 15 is 0 Å². The second-order valence-corrected chi connectivity index (χ2v) is 5.42. The monoisotopic (exact) mass is 241 g/mol. The van der Waals surface area contributed by atoms with E-state index in [4.69, 9.17) is 17.3 Å². The molecule has 1 heterocycles. The van der Waals surface area contributed by atoms with Crippen LogP contribution in [0.15, 0.2) is 23.1 Å². The summed E-state index contributed by atoms with van der Waals surface area (Å²) in [6, 6.07) is 6.72. The average Bonchev–Trinajstić information content (AvgIpc) is 2.29. The van der Waals surface area contributed by atoms with Gasteiger partial charge in [-0.15, -0.1) is 23.4 Å². The van der Waals surface area contributed by atoms with E-state index in [1.54, 1.807) is 0 Å². The maximum Gasteiger partial charge on any atom is 0.0306 e. The largest absolute Gasteiger partial charge is 0.324 e. The van der Waals surface area contributed by atoms with Gasteiger partial charge >= 0.3 is 0 Å². The topological polar surface area (TPSA) is 26.0 Å². The van der Waals surface area contributed by atoms with E-state index in [-0.39, 0.29) is 6.04 Å². The van der Waals surface area contributed by atoms with E-state index in [9.17, 15) is 0 Å². The van der Waals surface area contributed by atoms with Crippen molar-refractivity contribution in [1.29, 1.82) is 0 Å². The van der Waals surface area contributed by atoms with E-state index in [0.717, 1.165) is 6.42 Å². The van der Waals surface area contributed by atoms with Crippen LogP contribution in [0.4, 0.5) is 0 Å². The summed E-state index contributed by atoms with van der Waals surface area (Å²) in [5.41, 5.74) is 8.75. The number of benzene rings is 1. The third kappa shape index (κ3) is 2.68. The Labute approximate surface area is 100 Å². The first kappa shape index (κ1) is 11.3. The molecule has 0 radical (unpaired) electrons. The molecule has 1 atom stereocenters. The number of rotatable bonds is 3. The van der Waals surface area contributed by atoms with Crippen molar-refractivity contribution in [1.82, 2.24) is 0 Å². The Bertz CT molecular complexity index is 340. The fraction of sp³-hybridized carbons (Fsp3) is 0.500. The molecule has 1 unspecified atom stereocenters.